The van der Waals surface area contributed by atoms with Crippen LogP contribution in [0.2, 0.25) is 10.0 Å². The summed E-state index contributed by atoms with van der Waals surface area (Å²) in [4.78, 5) is 31.4. The van der Waals surface area contributed by atoms with Gasteiger partial charge in [-0.15, -0.1) is 0 Å². The van der Waals surface area contributed by atoms with Gasteiger partial charge >= 0.3 is 0 Å². The standard InChI is InChI=1S/C26H37Cl2N3O4/c1-34-19-21-18-29(13-9-24(21)35-2)11-3-4-12-30-15-16-31(14-10-26(30)33)25(32)8-6-20-5-7-22(27)23(28)17-20/h5-8,17,21,24H,3-4,9-16,18-19H2,1-2H3. The number of halogens is 2. The summed E-state index contributed by atoms with van der Waals surface area (Å²) in [7, 11) is 3.52. The summed E-state index contributed by atoms with van der Waals surface area (Å²) in [6.07, 6.45) is 6.90. The Kier molecular flexibility index (Phi) is 11.3. The lowest BCUT2D eigenvalue weighted by atomic mass is 9.95. The topological polar surface area (TPSA) is 62.3 Å². The van der Waals surface area contributed by atoms with Crippen LogP contribution in [0.3, 0.4) is 0 Å². The van der Waals surface area contributed by atoms with Gasteiger partial charge in [0.25, 0.3) is 0 Å². The zero-order valence-electron chi connectivity index (χ0n) is 20.8. The Hall–Kier alpha value is -1.64. The summed E-state index contributed by atoms with van der Waals surface area (Å²) < 4.78 is 11.0. The van der Waals surface area contributed by atoms with E-state index in [1.807, 2.05) is 11.0 Å². The molecule has 2 amide bonds. The van der Waals surface area contributed by atoms with Gasteiger partial charge in [-0.2, -0.15) is 0 Å². The van der Waals surface area contributed by atoms with Crippen molar-refractivity contribution in [3.05, 3.63) is 39.9 Å². The lowest BCUT2D eigenvalue weighted by molar-refractivity contribution is -0.130. The van der Waals surface area contributed by atoms with Crippen LogP contribution < -0.4 is 0 Å². The third kappa shape index (κ3) is 8.46. The Morgan fingerprint density at radius 2 is 1.89 bits per heavy atom. The van der Waals surface area contributed by atoms with Crippen LogP contribution in [0.25, 0.3) is 6.08 Å². The minimum atomic E-state index is -0.101. The van der Waals surface area contributed by atoms with Crippen LogP contribution in [0.5, 0.6) is 0 Å². The molecule has 9 heteroatoms. The predicted octanol–water partition coefficient (Wildman–Crippen LogP) is 3.83. The van der Waals surface area contributed by atoms with E-state index in [1.54, 1.807) is 37.3 Å². The van der Waals surface area contributed by atoms with Gasteiger partial charge in [0.15, 0.2) is 0 Å². The first kappa shape index (κ1) is 27.9. The third-order valence-electron chi connectivity index (χ3n) is 6.85. The highest BCUT2D eigenvalue weighted by Crippen LogP contribution is 2.23. The first-order valence-electron chi connectivity index (χ1n) is 12.3. The molecule has 2 heterocycles. The van der Waals surface area contributed by atoms with Gasteiger partial charge < -0.3 is 24.2 Å². The summed E-state index contributed by atoms with van der Waals surface area (Å²) in [5.41, 5.74) is 0.806. The number of nitrogens with zero attached hydrogens (tertiary/aromatic N) is 3. The lowest BCUT2D eigenvalue weighted by Gasteiger charge is -2.37. The first-order chi connectivity index (χ1) is 16.9. The first-order valence-corrected chi connectivity index (χ1v) is 13.1. The largest absolute Gasteiger partial charge is 0.384 e. The zero-order valence-corrected chi connectivity index (χ0v) is 22.3. The highest BCUT2D eigenvalue weighted by atomic mass is 35.5. The van der Waals surface area contributed by atoms with E-state index in [1.165, 1.54) is 6.08 Å². The molecule has 2 aliphatic rings. The number of carbonyl (C=O) groups is 2. The van der Waals surface area contributed by atoms with Crippen molar-refractivity contribution in [3.8, 4) is 0 Å². The highest BCUT2D eigenvalue weighted by Gasteiger charge is 2.29. The highest BCUT2D eigenvalue weighted by molar-refractivity contribution is 6.42. The number of benzene rings is 1. The molecule has 35 heavy (non-hydrogen) atoms. The SMILES string of the molecule is COCC1CN(CCCCN2CCN(C(=O)C=Cc3ccc(Cl)c(Cl)c3)CCC2=O)CCC1OC. The smallest absolute Gasteiger partial charge is 0.246 e. The van der Waals surface area contributed by atoms with Gasteiger partial charge in [-0.3, -0.25) is 9.59 Å². The van der Waals surface area contributed by atoms with Crippen LogP contribution in [-0.2, 0) is 19.1 Å². The molecule has 2 unspecified atom stereocenters. The molecule has 0 radical (unpaired) electrons. The number of ether oxygens (including phenoxy) is 2. The van der Waals surface area contributed by atoms with E-state index in [0.29, 0.717) is 42.0 Å². The van der Waals surface area contributed by atoms with Crippen molar-refractivity contribution in [1.29, 1.82) is 0 Å². The maximum Gasteiger partial charge on any atom is 0.246 e. The number of carbonyl (C=O) groups excluding carboxylic acids is 2. The van der Waals surface area contributed by atoms with E-state index in [-0.39, 0.29) is 17.9 Å². The predicted molar refractivity (Wildman–Crippen MR) is 140 cm³/mol. The number of hydrogen-bond acceptors (Lipinski definition) is 5. The summed E-state index contributed by atoms with van der Waals surface area (Å²) >= 11 is 12.0. The van der Waals surface area contributed by atoms with Gasteiger partial charge in [0.1, 0.15) is 0 Å². The summed E-state index contributed by atoms with van der Waals surface area (Å²) in [6.45, 7) is 6.04. The van der Waals surface area contributed by atoms with E-state index in [4.69, 9.17) is 32.7 Å². The minimum Gasteiger partial charge on any atom is -0.384 e. The minimum absolute atomic E-state index is 0.101. The van der Waals surface area contributed by atoms with Crippen molar-refractivity contribution in [2.75, 3.05) is 66.6 Å². The number of piperidine rings is 1. The number of amides is 2. The molecule has 2 aliphatic heterocycles. The monoisotopic (exact) mass is 525 g/mol. The fraction of sp³-hybridized carbons (Fsp3) is 0.615. The second kappa shape index (κ2) is 14.2. The molecule has 1 aromatic rings. The Morgan fingerprint density at radius 1 is 1.09 bits per heavy atom. The number of unbranched alkanes of at least 4 members (excludes halogenated alkanes) is 1. The van der Waals surface area contributed by atoms with Crippen molar-refractivity contribution in [3.63, 3.8) is 0 Å². The van der Waals surface area contributed by atoms with E-state index in [0.717, 1.165) is 57.6 Å². The van der Waals surface area contributed by atoms with Crippen LogP contribution >= 0.6 is 23.2 Å². The molecular weight excluding hydrogens is 489 g/mol. The van der Waals surface area contributed by atoms with Crippen LogP contribution in [0, 0.1) is 5.92 Å². The Labute approximate surface area is 218 Å². The van der Waals surface area contributed by atoms with Gasteiger partial charge in [-0.25, -0.2) is 0 Å². The average molecular weight is 527 g/mol. The van der Waals surface area contributed by atoms with Gasteiger partial charge in [0.05, 0.1) is 22.8 Å². The molecular formula is C26H37Cl2N3O4. The molecule has 0 spiro atoms. The Morgan fingerprint density at radius 3 is 2.63 bits per heavy atom. The quantitative estimate of drug-likeness (QED) is 0.343. The van der Waals surface area contributed by atoms with Crippen molar-refractivity contribution < 1.29 is 19.1 Å². The zero-order chi connectivity index (χ0) is 25.2. The van der Waals surface area contributed by atoms with Crippen LogP contribution in [0.15, 0.2) is 24.3 Å². The molecule has 1 aromatic carbocycles. The normalized spacial score (nSPS) is 22.1. The van der Waals surface area contributed by atoms with Crippen molar-refractivity contribution >= 4 is 41.1 Å². The van der Waals surface area contributed by atoms with Crippen LogP contribution in [0.1, 0.15) is 31.2 Å². The molecule has 0 aromatic heterocycles. The molecule has 2 saturated heterocycles. The molecule has 3 rings (SSSR count). The average Bonchev–Trinajstić information content (AvgIpc) is 3.04. The number of methoxy groups -OCH3 is 2. The van der Waals surface area contributed by atoms with Crippen LogP contribution in [0.4, 0.5) is 0 Å². The molecule has 0 bridgehead atoms. The second-order valence-corrected chi connectivity index (χ2v) is 10.1. The van der Waals surface area contributed by atoms with E-state index < -0.39 is 0 Å². The molecule has 7 nitrogen and oxygen atoms in total. The van der Waals surface area contributed by atoms with Crippen molar-refractivity contribution in [2.24, 2.45) is 5.92 Å². The third-order valence-corrected chi connectivity index (χ3v) is 7.59. The Balaban J connectivity index is 1.40. The molecule has 0 saturated carbocycles. The van der Waals surface area contributed by atoms with Gasteiger partial charge in [0.2, 0.25) is 11.8 Å². The molecule has 0 aliphatic carbocycles. The van der Waals surface area contributed by atoms with Crippen LogP contribution in [-0.4, -0.2) is 99.3 Å². The van der Waals surface area contributed by atoms with Crippen molar-refractivity contribution in [2.45, 2.75) is 31.8 Å². The molecule has 2 fully saturated rings. The number of hydrogen-bond donors (Lipinski definition) is 0. The lowest BCUT2D eigenvalue weighted by Crippen LogP contribution is -2.46. The second-order valence-electron chi connectivity index (χ2n) is 9.25. The fourth-order valence-electron chi connectivity index (χ4n) is 4.82. The maximum absolute atomic E-state index is 12.7. The summed E-state index contributed by atoms with van der Waals surface area (Å²) in [5.74, 6) is 0.422. The molecule has 194 valence electrons. The molecule has 0 N–H and O–H groups in total. The summed E-state index contributed by atoms with van der Waals surface area (Å²) in [5, 5.41) is 0.929. The van der Waals surface area contributed by atoms with E-state index >= 15 is 0 Å². The fourth-order valence-corrected chi connectivity index (χ4v) is 5.13. The van der Waals surface area contributed by atoms with Gasteiger partial charge in [-0.1, -0.05) is 29.3 Å². The van der Waals surface area contributed by atoms with Crippen molar-refractivity contribution in [1.82, 2.24) is 14.7 Å². The maximum atomic E-state index is 12.7. The number of likely N-dealkylation sites (tertiary alicyclic amines) is 1. The molecule has 2 atom stereocenters. The van der Waals surface area contributed by atoms with Gasteiger partial charge in [0, 0.05) is 71.9 Å². The van der Waals surface area contributed by atoms with E-state index in [9.17, 15) is 9.59 Å². The number of rotatable bonds is 10. The summed E-state index contributed by atoms with van der Waals surface area (Å²) in [6, 6.07) is 5.23. The Bertz CT molecular complexity index is 882. The van der Waals surface area contributed by atoms with Gasteiger partial charge in [-0.05, 0) is 49.6 Å². The van der Waals surface area contributed by atoms with E-state index in [2.05, 4.69) is 4.90 Å².